The van der Waals surface area contributed by atoms with Gasteiger partial charge in [-0.05, 0) is 25.1 Å². The molecular formula is C19H18N8O. The van der Waals surface area contributed by atoms with Crippen molar-refractivity contribution in [1.29, 1.82) is 0 Å². The normalized spacial score (nSPS) is 14.4. The van der Waals surface area contributed by atoms with Gasteiger partial charge in [0.2, 0.25) is 0 Å². The third-order valence-electron chi connectivity index (χ3n) is 4.92. The van der Waals surface area contributed by atoms with Gasteiger partial charge >= 0.3 is 0 Å². The van der Waals surface area contributed by atoms with Crippen molar-refractivity contribution in [3.8, 4) is 11.3 Å². The molecule has 0 spiro atoms. The summed E-state index contributed by atoms with van der Waals surface area (Å²) in [7, 11) is 0. The first-order valence-electron chi connectivity index (χ1n) is 9.08. The second kappa shape index (κ2) is 6.52. The topological polar surface area (TPSA) is 94.1 Å². The molecule has 0 bridgehead atoms. The quantitative estimate of drug-likeness (QED) is 0.529. The van der Waals surface area contributed by atoms with E-state index in [9.17, 15) is 4.79 Å². The van der Waals surface area contributed by atoms with E-state index in [-0.39, 0.29) is 5.56 Å². The Hall–Kier alpha value is -3.62. The Bertz CT molecular complexity index is 1190. The van der Waals surface area contributed by atoms with Crippen molar-refractivity contribution < 1.29 is 0 Å². The van der Waals surface area contributed by atoms with Gasteiger partial charge in [-0.3, -0.25) is 9.78 Å². The van der Waals surface area contributed by atoms with Gasteiger partial charge < -0.3 is 4.90 Å². The third-order valence-corrected chi connectivity index (χ3v) is 4.92. The molecular weight excluding hydrogens is 356 g/mol. The fraction of sp³-hybridized carbons (Fsp3) is 0.263. The Balaban J connectivity index is 1.34. The summed E-state index contributed by atoms with van der Waals surface area (Å²) >= 11 is 0. The van der Waals surface area contributed by atoms with E-state index in [2.05, 4.69) is 30.0 Å². The lowest BCUT2D eigenvalue weighted by Crippen LogP contribution is -2.50. The molecule has 1 aliphatic heterocycles. The average Bonchev–Trinajstić information content (AvgIpc) is 3.14. The smallest absolute Gasteiger partial charge is 0.266 e. The molecule has 0 aliphatic carbocycles. The Morgan fingerprint density at radius 3 is 2.79 bits per heavy atom. The molecule has 9 heteroatoms. The maximum Gasteiger partial charge on any atom is 0.266 e. The van der Waals surface area contributed by atoms with Gasteiger partial charge in [-0.2, -0.15) is 19.7 Å². The standard InChI is InChI=1S/C19H18N8O/c1-13-8-17(27-19(23-13)21-12-22-27)25-9-14(10-25)11-26-18(28)3-2-16(24-26)15-4-6-20-7-5-15/h2-8,12,14H,9-11H2,1H3. The van der Waals surface area contributed by atoms with Crippen LogP contribution in [0.2, 0.25) is 0 Å². The highest BCUT2D eigenvalue weighted by molar-refractivity contribution is 5.57. The summed E-state index contributed by atoms with van der Waals surface area (Å²) in [6.07, 6.45) is 4.95. The van der Waals surface area contributed by atoms with E-state index in [0.717, 1.165) is 35.9 Å². The van der Waals surface area contributed by atoms with E-state index in [1.807, 2.05) is 25.1 Å². The summed E-state index contributed by atoms with van der Waals surface area (Å²) in [5, 5.41) is 8.80. The lowest BCUT2D eigenvalue weighted by atomic mass is 10.0. The van der Waals surface area contributed by atoms with E-state index in [1.54, 1.807) is 33.7 Å². The predicted octanol–water partition coefficient (Wildman–Crippen LogP) is 1.19. The van der Waals surface area contributed by atoms with Gasteiger partial charge in [-0.15, -0.1) is 0 Å². The molecule has 4 aromatic heterocycles. The van der Waals surface area contributed by atoms with Gasteiger partial charge in [0.25, 0.3) is 11.3 Å². The Morgan fingerprint density at radius 2 is 1.96 bits per heavy atom. The van der Waals surface area contributed by atoms with Crippen LogP contribution < -0.4 is 10.5 Å². The molecule has 0 aromatic carbocycles. The summed E-state index contributed by atoms with van der Waals surface area (Å²) < 4.78 is 3.30. The largest absolute Gasteiger partial charge is 0.356 e. The minimum Gasteiger partial charge on any atom is -0.356 e. The molecule has 1 aliphatic rings. The van der Waals surface area contributed by atoms with Crippen molar-refractivity contribution in [2.75, 3.05) is 18.0 Å². The van der Waals surface area contributed by atoms with Crippen LogP contribution >= 0.6 is 0 Å². The minimum atomic E-state index is -0.0883. The van der Waals surface area contributed by atoms with Gasteiger partial charge in [-0.1, -0.05) is 0 Å². The molecule has 4 aromatic rings. The summed E-state index contributed by atoms with van der Waals surface area (Å²) in [5.74, 6) is 1.91. The van der Waals surface area contributed by atoms with Gasteiger partial charge in [0, 0.05) is 54.8 Å². The molecule has 9 nitrogen and oxygen atoms in total. The molecule has 140 valence electrons. The molecule has 0 atom stereocenters. The first-order chi connectivity index (χ1) is 13.7. The molecule has 0 saturated carbocycles. The molecule has 1 fully saturated rings. The van der Waals surface area contributed by atoms with Crippen LogP contribution in [-0.4, -0.2) is 47.4 Å². The van der Waals surface area contributed by atoms with Crippen molar-refractivity contribution in [1.82, 2.24) is 34.3 Å². The van der Waals surface area contributed by atoms with Gasteiger partial charge in [0.05, 0.1) is 12.2 Å². The lowest BCUT2D eigenvalue weighted by molar-refractivity contribution is 0.332. The van der Waals surface area contributed by atoms with Crippen LogP contribution in [0, 0.1) is 12.8 Å². The molecule has 1 saturated heterocycles. The fourth-order valence-corrected chi connectivity index (χ4v) is 3.51. The number of pyridine rings is 1. The first kappa shape index (κ1) is 16.5. The molecule has 0 unspecified atom stereocenters. The number of aryl methyl sites for hydroxylation is 1. The number of hydrogen-bond donors (Lipinski definition) is 0. The SMILES string of the molecule is Cc1cc(N2CC(Cn3nc(-c4ccncc4)ccc3=O)C2)n2ncnc2n1. The van der Waals surface area contributed by atoms with Crippen LogP contribution in [0.15, 0.2) is 53.8 Å². The maximum atomic E-state index is 12.3. The minimum absolute atomic E-state index is 0.0883. The molecule has 5 heterocycles. The van der Waals surface area contributed by atoms with E-state index in [0.29, 0.717) is 18.2 Å². The maximum absolute atomic E-state index is 12.3. The molecule has 5 rings (SSSR count). The van der Waals surface area contributed by atoms with Crippen LogP contribution in [0.25, 0.3) is 17.0 Å². The van der Waals surface area contributed by atoms with Gasteiger partial charge in [0.1, 0.15) is 12.1 Å². The highest BCUT2D eigenvalue weighted by atomic mass is 16.1. The zero-order valence-electron chi connectivity index (χ0n) is 15.3. The monoisotopic (exact) mass is 374 g/mol. The number of anilines is 1. The number of rotatable bonds is 4. The van der Waals surface area contributed by atoms with Crippen LogP contribution in [0.3, 0.4) is 0 Å². The molecule has 0 N–H and O–H groups in total. The van der Waals surface area contributed by atoms with Crippen molar-refractivity contribution in [2.24, 2.45) is 5.92 Å². The van der Waals surface area contributed by atoms with Crippen LogP contribution in [0.1, 0.15) is 5.69 Å². The first-order valence-corrected chi connectivity index (χ1v) is 9.08. The van der Waals surface area contributed by atoms with Crippen molar-refractivity contribution >= 4 is 11.6 Å². The lowest BCUT2D eigenvalue weighted by Gasteiger charge is -2.40. The van der Waals surface area contributed by atoms with Crippen molar-refractivity contribution in [3.63, 3.8) is 0 Å². The van der Waals surface area contributed by atoms with E-state index in [1.165, 1.54) is 6.33 Å². The van der Waals surface area contributed by atoms with Crippen molar-refractivity contribution in [2.45, 2.75) is 13.5 Å². The third kappa shape index (κ3) is 2.90. The summed E-state index contributed by atoms with van der Waals surface area (Å²) in [6, 6.07) is 9.11. The second-order valence-electron chi connectivity index (χ2n) is 6.97. The van der Waals surface area contributed by atoms with Gasteiger partial charge in [0.15, 0.2) is 0 Å². The Morgan fingerprint density at radius 1 is 1.14 bits per heavy atom. The summed E-state index contributed by atoms with van der Waals surface area (Å²) in [6.45, 7) is 4.18. The predicted molar refractivity (Wildman–Crippen MR) is 103 cm³/mol. The highest BCUT2D eigenvalue weighted by Crippen LogP contribution is 2.26. The average molecular weight is 374 g/mol. The van der Waals surface area contributed by atoms with E-state index < -0.39 is 0 Å². The zero-order chi connectivity index (χ0) is 19.1. The van der Waals surface area contributed by atoms with Crippen LogP contribution in [-0.2, 0) is 6.54 Å². The number of nitrogens with zero attached hydrogens (tertiary/aromatic N) is 8. The Kier molecular flexibility index (Phi) is 3.85. The number of fused-ring (bicyclic) bond motifs is 1. The second-order valence-corrected chi connectivity index (χ2v) is 6.97. The van der Waals surface area contributed by atoms with E-state index in [4.69, 9.17) is 0 Å². The van der Waals surface area contributed by atoms with Crippen LogP contribution in [0.4, 0.5) is 5.82 Å². The summed E-state index contributed by atoms with van der Waals surface area (Å²) in [5.41, 5.74) is 2.53. The van der Waals surface area contributed by atoms with Crippen molar-refractivity contribution in [3.05, 3.63) is 65.1 Å². The van der Waals surface area contributed by atoms with Gasteiger partial charge in [-0.25, -0.2) is 9.67 Å². The summed E-state index contributed by atoms with van der Waals surface area (Å²) in [4.78, 5) is 27.1. The molecule has 0 radical (unpaired) electrons. The van der Waals surface area contributed by atoms with E-state index >= 15 is 0 Å². The van der Waals surface area contributed by atoms with Crippen LogP contribution in [0.5, 0.6) is 0 Å². The number of hydrogen-bond acceptors (Lipinski definition) is 7. The highest BCUT2D eigenvalue weighted by Gasteiger charge is 2.30. The zero-order valence-corrected chi connectivity index (χ0v) is 15.3. The number of aromatic nitrogens is 7. The molecule has 28 heavy (non-hydrogen) atoms. The molecule has 0 amide bonds. The Labute approximate surface area is 160 Å². The fourth-order valence-electron chi connectivity index (χ4n) is 3.51.